The summed E-state index contributed by atoms with van der Waals surface area (Å²) in [6.45, 7) is 5.28. The van der Waals surface area contributed by atoms with Crippen LogP contribution in [0.5, 0.6) is 0 Å². The monoisotopic (exact) mass is 270 g/mol. The van der Waals surface area contributed by atoms with Gasteiger partial charge in [-0.1, -0.05) is 23.8 Å². The van der Waals surface area contributed by atoms with Gasteiger partial charge >= 0.3 is 0 Å². The third-order valence-corrected chi connectivity index (χ3v) is 3.78. The lowest BCUT2D eigenvalue weighted by atomic mass is 10.0. The van der Waals surface area contributed by atoms with Gasteiger partial charge in [-0.15, -0.1) is 0 Å². The minimum atomic E-state index is 0.783. The standard InChI is InChI=1S/C17H22N2O/c1-12-5-8-15(13(2)10-12)16-11-19-17(20-16)4-3-9-18-14-6-7-14/h5,8,10-11,14,18H,3-4,6-7,9H2,1-2H3. The minimum absolute atomic E-state index is 0.783. The minimum Gasteiger partial charge on any atom is -0.441 e. The number of aryl methyl sites for hydroxylation is 3. The van der Waals surface area contributed by atoms with Gasteiger partial charge in [0.1, 0.15) is 0 Å². The number of hydrogen-bond acceptors (Lipinski definition) is 3. The Balaban J connectivity index is 1.60. The molecule has 1 aromatic heterocycles. The van der Waals surface area contributed by atoms with Gasteiger partial charge in [-0.3, -0.25) is 0 Å². The first kappa shape index (κ1) is 13.4. The molecule has 1 N–H and O–H groups in total. The first-order valence-electron chi connectivity index (χ1n) is 7.48. The Labute approximate surface area is 120 Å². The van der Waals surface area contributed by atoms with Crippen LogP contribution in [0.3, 0.4) is 0 Å². The topological polar surface area (TPSA) is 38.1 Å². The van der Waals surface area contributed by atoms with Gasteiger partial charge in [-0.05, 0) is 45.2 Å². The van der Waals surface area contributed by atoms with Gasteiger partial charge in [0.05, 0.1) is 6.20 Å². The van der Waals surface area contributed by atoms with Gasteiger partial charge in [0, 0.05) is 18.0 Å². The molecule has 0 atom stereocenters. The third-order valence-electron chi connectivity index (χ3n) is 3.78. The molecule has 1 aliphatic carbocycles. The zero-order valence-electron chi connectivity index (χ0n) is 12.3. The van der Waals surface area contributed by atoms with Crippen molar-refractivity contribution in [2.75, 3.05) is 6.54 Å². The molecule has 0 bridgehead atoms. The summed E-state index contributed by atoms with van der Waals surface area (Å²) < 4.78 is 5.87. The van der Waals surface area contributed by atoms with Crippen molar-refractivity contribution in [1.29, 1.82) is 0 Å². The quantitative estimate of drug-likeness (QED) is 0.814. The summed E-state index contributed by atoms with van der Waals surface area (Å²) in [6.07, 6.45) is 6.53. The van der Waals surface area contributed by atoms with Gasteiger partial charge in [0.2, 0.25) is 0 Å². The summed E-state index contributed by atoms with van der Waals surface area (Å²) in [7, 11) is 0. The molecule has 20 heavy (non-hydrogen) atoms. The highest BCUT2D eigenvalue weighted by Crippen LogP contribution is 2.25. The van der Waals surface area contributed by atoms with Crippen LogP contribution in [0.2, 0.25) is 0 Å². The largest absolute Gasteiger partial charge is 0.441 e. The van der Waals surface area contributed by atoms with Crippen LogP contribution in [0.15, 0.2) is 28.8 Å². The van der Waals surface area contributed by atoms with E-state index in [1.165, 1.54) is 24.0 Å². The van der Waals surface area contributed by atoms with Crippen molar-refractivity contribution in [3.05, 3.63) is 41.4 Å². The van der Waals surface area contributed by atoms with Crippen LogP contribution in [0, 0.1) is 13.8 Å². The molecule has 0 radical (unpaired) electrons. The van der Waals surface area contributed by atoms with E-state index in [1.54, 1.807) is 0 Å². The molecule has 0 saturated heterocycles. The van der Waals surface area contributed by atoms with Crippen LogP contribution in [0.4, 0.5) is 0 Å². The average molecular weight is 270 g/mol. The lowest BCUT2D eigenvalue weighted by Crippen LogP contribution is -2.17. The number of rotatable bonds is 6. The first-order chi connectivity index (χ1) is 9.72. The Morgan fingerprint density at radius 3 is 2.90 bits per heavy atom. The van der Waals surface area contributed by atoms with Crippen LogP contribution in [0.1, 0.15) is 36.3 Å². The average Bonchev–Trinajstić information content (AvgIpc) is 3.13. The maximum atomic E-state index is 5.87. The molecule has 3 heteroatoms. The lowest BCUT2D eigenvalue weighted by molar-refractivity contribution is 0.491. The molecule has 0 spiro atoms. The number of nitrogens with zero attached hydrogens (tertiary/aromatic N) is 1. The van der Waals surface area contributed by atoms with E-state index < -0.39 is 0 Å². The number of aromatic nitrogens is 1. The second-order valence-electron chi connectivity index (χ2n) is 5.77. The fourth-order valence-electron chi connectivity index (χ4n) is 2.47. The van der Waals surface area contributed by atoms with Crippen molar-refractivity contribution in [2.24, 2.45) is 0 Å². The van der Waals surface area contributed by atoms with Crippen molar-refractivity contribution in [1.82, 2.24) is 10.3 Å². The van der Waals surface area contributed by atoms with Crippen molar-refractivity contribution < 1.29 is 4.42 Å². The van der Waals surface area contributed by atoms with Crippen molar-refractivity contribution in [3.8, 4) is 11.3 Å². The van der Waals surface area contributed by atoms with Crippen LogP contribution in [-0.4, -0.2) is 17.6 Å². The van der Waals surface area contributed by atoms with Gasteiger partial charge in [-0.2, -0.15) is 0 Å². The predicted octanol–water partition coefficient (Wildman–Crippen LogP) is 3.64. The Bertz CT molecular complexity index is 584. The van der Waals surface area contributed by atoms with Crippen LogP contribution >= 0.6 is 0 Å². The fraction of sp³-hybridized carbons (Fsp3) is 0.471. The molecule has 106 valence electrons. The van der Waals surface area contributed by atoms with Crippen LogP contribution in [0.25, 0.3) is 11.3 Å². The molecule has 2 aromatic rings. The summed E-state index contributed by atoms with van der Waals surface area (Å²) >= 11 is 0. The van der Waals surface area contributed by atoms with E-state index in [0.717, 1.165) is 42.6 Å². The zero-order valence-corrected chi connectivity index (χ0v) is 12.3. The highest BCUT2D eigenvalue weighted by Gasteiger charge is 2.19. The smallest absolute Gasteiger partial charge is 0.194 e. The van der Waals surface area contributed by atoms with E-state index in [1.807, 2.05) is 6.20 Å². The van der Waals surface area contributed by atoms with E-state index in [9.17, 15) is 0 Å². The maximum absolute atomic E-state index is 5.87. The zero-order chi connectivity index (χ0) is 13.9. The first-order valence-corrected chi connectivity index (χ1v) is 7.48. The molecule has 0 aliphatic heterocycles. The van der Waals surface area contributed by atoms with Gasteiger partial charge < -0.3 is 9.73 Å². The normalized spacial score (nSPS) is 14.7. The Hall–Kier alpha value is -1.61. The van der Waals surface area contributed by atoms with Gasteiger partial charge in [0.15, 0.2) is 11.7 Å². The van der Waals surface area contributed by atoms with Crippen molar-refractivity contribution in [3.63, 3.8) is 0 Å². The molecule has 1 aliphatic rings. The van der Waals surface area contributed by atoms with Crippen LogP contribution in [-0.2, 0) is 6.42 Å². The third kappa shape index (κ3) is 3.28. The lowest BCUT2D eigenvalue weighted by Gasteiger charge is -2.03. The highest BCUT2D eigenvalue weighted by atomic mass is 16.4. The fourth-order valence-corrected chi connectivity index (χ4v) is 2.47. The summed E-state index contributed by atoms with van der Waals surface area (Å²) in [4.78, 5) is 4.39. The second kappa shape index (κ2) is 5.80. The van der Waals surface area contributed by atoms with Crippen LogP contribution < -0.4 is 5.32 Å². The van der Waals surface area contributed by atoms with E-state index in [2.05, 4.69) is 42.3 Å². The number of oxazole rings is 1. The second-order valence-corrected chi connectivity index (χ2v) is 5.77. The molecule has 3 nitrogen and oxygen atoms in total. The van der Waals surface area contributed by atoms with Gasteiger partial charge in [0.25, 0.3) is 0 Å². The maximum Gasteiger partial charge on any atom is 0.194 e. The SMILES string of the molecule is Cc1ccc(-c2cnc(CCCNC3CC3)o2)c(C)c1. The number of benzene rings is 1. The van der Waals surface area contributed by atoms with E-state index >= 15 is 0 Å². The molecular formula is C17H22N2O. The highest BCUT2D eigenvalue weighted by molar-refractivity contribution is 5.61. The Kier molecular flexibility index (Phi) is 3.88. The Morgan fingerprint density at radius 2 is 2.15 bits per heavy atom. The molecule has 1 saturated carbocycles. The molecule has 1 heterocycles. The Morgan fingerprint density at radius 1 is 1.30 bits per heavy atom. The molecule has 0 unspecified atom stereocenters. The van der Waals surface area contributed by atoms with E-state index in [-0.39, 0.29) is 0 Å². The number of nitrogens with one attached hydrogen (secondary N) is 1. The molecule has 3 rings (SSSR count). The molecule has 1 aromatic carbocycles. The predicted molar refractivity (Wildman–Crippen MR) is 80.8 cm³/mol. The molecular weight excluding hydrogens is 248 g/mol. The summed E-state index contributed by atoms with van der Waals surface area (Å²) in [6, 6.07) is 7.19. The van der Waals surface area contributed by atoms with E-state index in [4.69, 9.17) is 4.42 Å². The molecule has 1 fully saturated rings. The van der Waals surface area contributed by atoms with Crippen molar-refractivity contribution >= 4 is 0 Å². The summed E-state index contributed by atoms with van der Waals surface area (Å²) in [5.41, 5.74) is 3.66. The molecule has 0 amide bonds. The van der Waals surface area contributed by atoms with E-state index in [0.29, 0.717) is 0 Å². The number of hydrogen-bond donors (Lipinski definition) is 1. The van der Waals surface area contributed by atoms with Crippen molar-refractivity contribution in [2.45, 2.75) is 45.6 Å². The summed E-state index contributed by atoms with van der Waals surface area (Å²) in [5.74, 6) is 1.73. The van der Waals surface area contributed by atoms with Gasteiger partial charge in [-0.25, -0.2) is 4.98 Å². The summed E-state index contributed by atoms with van der Waals surface area (Å²) in [5, 5.41) is 3.51.